The molecule has 5 nitrogen and oxygen atoms in total. The lowest BCUT2D eigenvalue weighted by atomic mass is 9.92. The van der Waals surface area contributed by atoms with Crippen LogP contribution in [-0.2, 0) is 9.59 Å². The molecule has 1 saturated heterocycles. The number of aromatic hydroxyl groups is 1. The maximum Gasteiger partial charge on any atom is 0.240 e. The maximum absolute atomic E-state index is 12.8. The molecule has 1 atom stereocenters. The van der Waals surface area contributed by atoms with Crippen molar-refractivity contribution in [3.63, 3.8) is 0 Å². The van der Waals surface area contributed by atoms with Crippen molar-refractivity contribution in [3.05, 3.63) is 77.9 Å². The van der Waals surface area contributed by atoms with E-state index in [2.05, 4.69) is 5.32 Å². The van der Waals surface area contributed by atoms with Crippen molar-refractivity contribution in [2.24, 2.45) is 0 Å². The van der Waals surface area contributed by atoms with Gasteiger partial charge in [0.05, 0.1) is 17.7 Å². The third-order valence-corrected chi connectivity index (χ3v) is 5.78. The summed E-state index contributed by atoms with van der Waals surface area (Å²) in [5.74, 6) is 0.795. The predicted molar refractivity (Wildman–Crippen MR) is 111 cm³/mol. The molecular formula is C22H20N2O3S. The van der Waals surface area contributed by atoms with E-state index in [4.69, 9.17) is 0 Å². The van der Waals surface area contributed by atoms with Gasteiger partial charge in [-0.25, -0.2) is 0 Å². The van der Waals surface area contributed by atoms with Gasteiger partial charge in [0.2, 0.25) is 11.8 Å². The number of thioether (sulfide) groups is 1. The largest absolute Gasteiger partial charge is 0.508 e. The number of hydrogen-bond donors (Lipinski definition) is 2. The molecular weight excluding hydrogens is 372 g/mol. The Bertz CT molecular complexity index is 1020. The van der Waals surface area contributed by atoms with Gasteiger partial charge < -0.3 is 15.3 Å². The molecule has 6 heteroatoms. The van der Waals surface area contributed by atoms with Crippen LogP contribution in [0.3, 0.4) is 0 Å². The monoisotopic (exact) mass is 392 g/mol. The van der Waals surface area contributed by atoms with Gasteiger partial charge in [-0.15, -0.1) is 11.8 Å². The lowest BCUT2D eigenvalue weighted by molar-refractivity contribution is -0.132. The van der Waals surface area contributed by atoms with Gasteiger partial charge in [-0.2, -0.15) is 0 Å². The molecule has 0 spiro atoms. The van der Waals surface area contributed by atoms with Crippen LogP contribution in [0.2, 0.25) is 0 Å². The number of carbonyl (C=O) groups excluding carboxylic acids is 2. The number of nitrogens with zero attached hydrogens (tertiary/aromatic N) is 1. The van der Waals surface area contributed by atoms with E-state index in [1.165, 1.54) is 11.8 Å². The lowest BCUT2D eigenvalue weighted by Gasteiger charge is -2.24. The second-order valence-electron chi connectivity index (χ2n) is 6.70. The number of phenols is 1. The minimum absolute atomic E-state index is 0.0146. The van der Waals surface area contributed by atoms with Crippen LogP contribution in [0.1, 0.15) is 17.2 Å². The molecule has 142 valence electrons. The molecule has 1 aliphatic heterocycles. The highest BCUT2D eigenvalue weighted by Gasteiger charge is 2.26. The van der Waals surface area contributed by atoms with Gasteiger partial charge in [-0.1, -0.05) is 60.7 Å². The van der Waals surface area contributed by atoms with E-state index in [0.717, 1.165) is 16.3 Å². The molecule has 28 heavy (non-hydrogen) atoms. The van der Waals surface area contributed by atoms with E-state index in [9.17, 15) is 14.7 Å². The van der Waals surface area contributed by atoms with Crippen LogP contribution in [0.4, 0.5) is 0 Å². The first-order valence-corrected chi connectivity index (χ1v) is 10.2. The molecule has 0 bridgehead atoms. The highest BCUT2D eigenvalue weighted by atomic mass is 32.2. The summed E-state index contributed by atoms with van der Waals surface area (Å²) >= 11 is 1.50. The Labute approximate surface area is 167 Å². The van der Waals surface area contributed by atoms with E-state index < -0.39 is 6.04 Å². The first-order chi connectivity index (χ1) is 13.6. The zero-order chi connectivity index (χ0) is 19.5. The van der Waals surface area contributed by atoms with Crippen molar-refractivity contribution in [2.75, 3.05) is 18.2 Å². The Morgan fingerprint density at radius 1 is 1.07 bits per heavy atom. The highest BCUT2D eigenvalue weighted by molar-refractivity contribution is 8.00. The molecule has 2 N–H and O–H groups in total. The van der Waals surface area contributed by atoms with Crippen molar-refractivity contribution in [2.45, 2.75) is 6.04 Å². The first-order valence-electron chi connectivity index (χ1n) is 9.04. The minimum Gasteiger partial charge on any atom is -0.508 e. The third kappa shape index (κ3) is 3.68. The second-order valence-corrected chi connectivity index (χ2v) is 7.66. The van der Waals surface area contributed by atoms with Crippen molar-refractivity contribution >= 4 is 34.3 Å². The molecule has 3 aromatic rings. The van der Waals surface area contributed by atoms with E-state index in [0.29, 0.717) is 17.2 Å². The van der Waals surface area contributed by atoms with Crippen LogP contribution in [0.15, 0.2) is 66.7 Å². The number of hydrogen-bond acceptors (Lipinski definition) is 4. The first kappa shape index (κ1) is 18.4. The number of benzene rings is 3. The van der Waals surface area contributed by atoms with Crippen LogP contribution >= 0.6 is 11.8 Å². The van der Waals surface area contributed by atoms with Gasteiger partial charge in [0.25, 0.3) is 0 Å². The fourth-order valence-electron chi connectivity index (χ4n) is 3.48. The molecule has 2 amide bonds. The van der Waals surface area contributed by atoms with Crippen LogP contribution in [-0.4, -0.2) is 40.0 Å². The summed E-state index contributed by atoms with van der Waals surface area (Å²) in [7, 11) is 0. The van der Waals surface area contributed by atoms with Gasteiger partial charge in [0, 0.05) is 5.56 Å². The molecule has 3 aromatic carbocycles. The molecule has 0 aromatic heterocycles. The molecule has 0 radical (unpaired) electrons. The zero-order valence-electron chi connectivity index (χ0n) is 15.2. The van der Waals surface area contributed by atoms with Crippen LogP contribution < -0.4 is 5.32 Å². The number of carbonyl (C=O) groups is 2. The SMILES string of the molecule is O=C(CN1CSCC1=O)N[C@@H](c1ccccc1)c1c(O)ccc2ccccc12. The van der Waals surface area contributed by atoms with E-state index in [1.807, 2.05) is 60.7 Å². The molecule has 4 rings (SSSR count). The topological polar surface area (TPSA) is 69.6 Å². The number of nitrogens with one attached hydrogen (secondary N) is 1. The number of fused-ring (bicyclic) bond motifs is 1. The Balaban J connectivity index is 1.72. The van der Waals surface area contributed by atoms with Crippen molar-refractivity contribution < 1.29 is 14.7 Å². The summed E-state index contributed by atoms with van der Waals surface area (Å²) in [6, 6.07) is 20.3. The third-order valence-electron chi connectivity index (χ3n) is 4.83. The Morgan fingerprint density at radius 2 is 1.82 bits per heavy atom. The van der Waals surface area contributed by atoms with Gasteiger partial charge in [-0.3, -0.25) is 9.59 Å². The average molecular weight is 392 g/mol. The predicted octanol–water partition coefficient (Wildman–Crippen LogP) is 3.28. The summed E-state index contributed by atoms with van der Waals surface area (Å²) in [4.78, 5) is 26.1. The summed E-state index contributed by atoms with van der Waals surface area (Å²) in [6.07, 6.45) is 0. The molecule has 0 aliphatic carbocycles. The van der Waals surface area contributed by atoms with E-state index in [-0.39, 0.29) is 24.1 Å². The van der Waals surface area contributed by atoms with Crippen molar-refractivity contribution in [1.82, 2.24) is 10.2 Å². The fourth-order valence-corrected chi connectivity index (χ4v) is 4.38. The number of amides is 2. The van der Waals surface area contributed by atoms with E-state index in [1.54, 1.807) is 11.0 Å². The van der Waals surface area contributed by atoms with Gasteiger partial charge in [-0.05, 0) is 22.4 Å². The second kappa shape index (κ2) is 7.94. The molecule has 1 fully saturated rings. The van der Waals surface area contributed by atoms with Gasteiger partial charge in [0.1, 0.15) is 12.3 Å². The number of rotatable bonds is 5. The van der Waals surface area contributed by atoms with Crippen LogP contribution in [0, 0.1) is 0 Å². The summed E-state index contributed by atoms with van der Waals surface area (Å²) in [6.45, 7) is 0.0146. The van der Waals surface area contributed by atoms with Crippen LogP contribution in [0.5, 0.6) is 5.75 Å². The zero-order valence-corrected chi connectivity index (χ0v) is 16.0. The highest BCUT2D eigenvalue weighted by Crippen LogP contribution is 2.35. The smallest absolute Gasteiger partial charge is 0.240 e. The molecule has 1 aliphatic rings. The summed E-state index contributed by atoms with van der Waals surface area (Å²) in [5, 5.41) is 15.6. The summed E-state index contributed by atoms with van der Waals surface area (Å²) < 4.78 is 0. The van der Waals surface area contributed by atoms with Crippen molar-refractivity contribution in [3.8, 4) is 5.75 Å². The van der Waals surface area contributed by atoms with E-state index >= 15 is 0 Å². The van der Waals surface area contributed by atoms with Gasteiger partial charge >= 0.3 is 0 Å². The van der Waals surface area contributed by atoms with Gasteiger partial charge in [0.15, 0.2) is 0 Å². The minimum atomic E-state index is -0.523. The van der Waals surface area contributed by atoms with Crippen LogP contribution in [0.25, 0.3) is 10.8 Å². The quantitative estimate of drug-likeness (QED) is 0.699. The summed E-state index contributed by atoms with van der Waals surface area (Å²) in [5.41, 5.74) is 1.52. The molecule has 0 saturated carbocycles. The Hall–Kier alpha value is -2.99. The fraction of sp³-hybridized carbons (Fsp3) is 0.182. The Morgan fingerprint density at radius 3 is 2.57 bits per heavy atom. The van der Waals surface area contributed by atoms with Crippen molar-refractivity contribution in [1.29, 1.82) is 0 Å². The molecule has 1 heterocycles. The normalized spacial score (nSPS) is 15.0. The standard InChI is InChI=1S/C22H20N2O3S/c25-18-11-10-15-6-4-5-9-17(15)21(18)22(16-7-2-1-3-8-16)23-19(26)12-24-14-28-13-20(24)27/h1-11,22,25H,12-14H2,(H,23,26)/t22-/m0/s1. The number of phenolic OH excluding ortho intramolecular Hbond substituents is 1. The Kier molecular flexibility index (Phi) is 5.21. The molecule has 0 unspecified atom stereocenters. The average Bonchev–Trinajstić information content (AvgIpc) is 3.11. The lowest BCUT2D eigenvalue weighted by Crippen LogP contribution is -2.40. The maximum atomic E-state index is 12.8.